The van der Waals surface area contributed by atoms with Gasteiger partial charge in [-0.1, -0.05) is 24.3 Å². The van der Waals surface area contributed by atoms with Crippen LogP contribution in [0.15, 0.2) is 134 Å². The first-order valence-electron chi connectivity index (χ1n) is 14.8. The fourth-order valence-electron chi connectivity index (χ4n) is 5.22. The van der Waals surface area contributed by atoms with Gasteiger partial charge in [0.25, 0.3) is 0 Å². The van der Waals surface area contributed by atoms with Crippen molar-refractivity contribution in [3.05, 3.63) is 154 Å². The summed E-state index contributed by atoms with van der Waals surface area (Å²) < 4.78 is 49.0. The maximum atomic E-state index is 13.4. The lowest BCUT2D eigenvalue weighted by Gasteiger charge is -2.11. The summed E-state index contributed by atoms with van der Waals surface area (Å²) in [7, 11) is 3.15. The molecule has 0 saturated carbocycles. The van der Waals surface area contributed by atoms with Crippen molar-refractivity contribution < 1.29 is 27.3 Å². The number of halogens is 2. The van der Waals surface area contributed by atoms with Gasteiger partial charge in [-0.2, -0.15) is 0 Å². The van der Waals surface area contributed by atoms with E-state index in [1.165, 1.54) is 29.0 Å². The molecule has 3 aromatic carbocycles. The van der Waals surface area contributed by atoms with E-state index in [-0.39, 0.29) is 18.2 Å². The molecule has 0 aliphatic carbocycles. The minimum Gasteiger partial charge on any atom is -0.497 e. The third-order valence-electron chi connectivity index (χ3n) is 7.51. The van der Waals surface area contributed by atoms with Crippen molar-refractivity contribution >= 4 is 0 Å². The quantitative estimate of drug-likeness (QED) is 0.181. The third kappa shape index (κ3) is 7.23. The number of H-pyrrole nitrogens is 1. The number of hydrogen-bond acceptors (Lipinski definition) is 8. The molecule has 49 heavy (non-hydrogen) atoms. The summed E-state index contributed by atoms with van der Waals surface area (Å²) >= 11 is 0. The Morgan fingerprint density at radius 2 is 1.16 bits per heavy atom. The Hall–Kier alpha value is -6.56. The predicted molar refractivity (Wildman–Crippen MR) is 178 cm³/mol. The molecule has 246 valence electrons. The van der Waals surface area contributed by atoms with Crippen LogP contribution in [0.3, 0.4) is 0 Å². The maximum absolute atomic E-state index is 13.4. The summed E-state index contributed by atoms with van der Waals surface area (Å²) in [6.45, 7) is 0.266. The van der Waals surface area contributed by atoms with Crippen LogP contribution in [0, 0.1) is 11.6 Å². The van der Waals surface area contributed by atoms with Gasteiger partial charge in [0.15, 0.2) is 0 Å². The lowest BCUT2D eigenvalue weighted by atomic mass is 10.0. The minimum atomic E-state index is -0.511. The van der Waals surface area contributed by atoms with Crippen molar-refractivity contribution in [2.75, 3.05) is 14.2 Å². The molecular weight excluding hydrogens is 634 g/mol. The molecule has 0 amide bonds. The first-order valence-corrected chi connectivity index (χ1v) is 14.8. The summed E-state index contributed by atoms with van der Waals surface area (Å²) in [5, 5.41) is 2.59. The number of rotatable bonds is 8. The molecule has 7 aromatic rings. The third-order valence-corrected chi connectivity index (χ3v) is 7.51. The van der Waals surface area contributed by atoms with Crippen LogP contribution < -0.4 is 20.7 Å². The Morgan fingerprint density at radius 3 is 1.69 bits per heavy atom. The molecule has 1 N–H and O–H groups in total. The number of benzene rings is 3. The van der Waals surface area contributed by atoms with Crippen molar-refractivity contribution in [1.29, 1.82) is 0 Å². The Kier molecular flexibility index (Phi) is 9.56. The van der Waals surface area contributed by atoms with Crippen LogP contribution in [0.5, 0.6) is 11.5 Å². The van der Waals surface area contributed by atoms with E-state index >= 15 is 0 Å². The number of aromatic amines is 1. The average Bonchev–Trinajstić information content (AvgIpc) is 3.68. The van der Waals surface area contributed by atoms with Crippen molar-refractivity contribution in [3.63, 3.8) is 0 Å². The molecule has 0 aliphatic rings. The molecule has 0 saturated heterocycles. The van der Waals surface area contributed by atoms with E-state index in [1.807, 2.05) is 12.1 Å². The van der Waals surface area contributed by atoms with Gasteiger partial charge in [-0.25, -0.2) is 28.3 Å². The van der Waals surface area contributed by atoms with Crippen molar-refractivity contribution in [3.8, 4) is 56.3 Å². The van der Waals surface area contributed by atoms with E-state index in [1.54, 1.807) is 93.6 Å². The monoisotopic (exact) mass is 662 g/mol. The van der Waals surface area contributed by atoms with Crippen molar-refractivity contribution in [2.24, 2.45) is 0 Å². The Labute approximate surface area is 277 Å². The molecule has 0 unspecified atom stereocenters. The van der Waals surface area contributed by atoms with Gasteiger partial charge >= 0.3 is 11.3 Å². The summed E-state index contributed by atoms with van der Waals surface area (Å²) in [6, 6.07) is 24.0. The molecule has 12 heteroatoms. The van der Waals surface area contributed by atoms with E-state index < -0.39 is 11.3 Å². The van der Waals surface area contributed by atoms with Crippen molar-refractivity contribution in [2.45, 2.75) is 6.54 Å². The normalized spacial score (nSPS) is 10.7. The highest BCUT2D eigenvalue weighted by molar-refractivity contribution is 5.80. The zero-order valence-corrected chi connectivity index (χ0v) is 26.2. The maximum Gasteiger partial charge on any atom is 0.365 e. The molecular formula is C37H28F2N4O6. The van der Waals surface area contributed by atoms with Gasteiger partial charge in [-0.15, -0.1) is 0 Å². The summed E-state index contributed by atoms with van der Waals surface area (Å²) in [6.07, 6.45) is 6.52. The van der Waals surface area contributed by atoms with Gasteiger partial charge in [0.05, 0.1) is 43.3 Å². The molecule has 4 aromatic heterocycles. The van der Waals surface area contributed by atoms with Crippen LogP contribution in [0.4, 0.5) is 8.78 Å². The average molecular weight is 663 g/mol. The topological polar surface area (TPSA) is 125 Å². The molecule has 7 rings (SSSR count). The fourth-order valence-corrected chi connectivity index (χ4v) is 5.22. The van der Waals surface area contributed by atoms with Crippen LogP contribution in [0.1, 0.15) is 5.56 Å². The predicted octanol–water partition coefficient (Wildman–Crippen LogP) is 7.21. The highest BCUT2D eigenvalue weighted by Crippen LogP contribution is 2.32. The molecule has 0 atom stereocenters. The molecule has 10 nitrogen and oxygen atoms in total. The number of hydrogen-bond donors (Lipinski definition) is 1. The fraction of sp³-hybridized carbons (Fsp3) is 0.0811. The van der Waals surface area contributed by atoms with Crippen LogP contribution >= 0.6 is 0 Å². The lowest BCUT2D eigenvalue weighted by molar-refractivity contribution is 0.270. The summed E-state index contributed by atoms with van der Waals surface area (Å²) in [4.78, 5) is 32.6. The summed E-state index contributed by atoms with van der Waals surface area (Å²) in [5.74, 6) is 0.525. The lowest BCUT2D eigenvalue weighted by Crippen LogP contribution is -2.02. The highest BCUT2D eigenvalue weighted by atomic mass is 19.1. The number of nitrogens with one attached hydrogen (secondary N) is 1. The van der Waals surface area contributed by atoms with Gasteiger partial charge in [0, 0.05) is 42.0 Å². The SMILES string of the molecule is COc1cc(Cn2oc(=O)c(-c3ccc(F)cc3)c2-c2ccncc2)cc(OC)c1.O=c1o[nH]c(-c2ccncc2)c1-c1ccc(F)cc1. The van der Waals surface area contributed by atoms with Gasteiger partial charge in [-0.05, 0) is 77.4 Å². The smallest absolute Gasteiger partial charge is 0.365 e. The van der Waals surface area contributed by atoms with Crippen LogP contribution in [-0.4, -0.2) is 34.1 Å². The van der Waals surface area contributed by atoms with Crippen LogP contribution in [0.2, 0.25) is 0 Å². The first-order chi connectivity index (χ1) is 23.8. The largest absolute Gasteiger partial charge is 0.497 e. The first kappa shape index (κ1) is 32.4. The van der Waals surface area contributed by atoms with Crippen LogP contribution in [0.25, 0.3) is 44.8 Å². The van der Waals surface area contributed by atoms with E-state index in [2.05, 4.69) is 15.1 Å². The molecule has 0 bridgehead atoms. The minimum absolute atomic E-state index is 0.266. The number of aromatic nitrogens is 4. The molecule has 4 heterocycles. The van der Waals surface area contributed by atoms with Gasteiger partial charge in [0.2, 0.25) is 0 Å². The van der Waals surface area contributed by atoms with E-state index in [9.17, 15) is 18.4 Å². The Morgan fingerprint density at radius 1 is 0.653 bits per heavy atom. The second-order valence-electron chi connectivity index (χ2n) is 10.6. The van der Waals surface area contributed by atoms with Crippen molar-refractivity contribution in [1.82, 2.24) is 19.9 Å². The standard InChI is InChI=1S/C23H19FN2O4.C14H9FN2O2/c1-28-19-11-15(12-20(13-19)29-2)14-26-22(17-7-9-25-10-8-17)21(23(27)30-26)16-3-5-18(24)6-4-16;15-11-3-1-9(2-4-11)12-13(17-19-14(12)18)10-5-7-16-8-6-10/h3-13H,14H2,1-2H3;1-8,17H. The Balaban J connectivity index is 0.000000188. The molecule has 0 aliphatic heterocycles. The second kappa shape index (κ2) is 14.5. The number of ether oxygens (including phenoxy) is 2. The van der Waals surface area contributed by atoms with E-state index in [0.29, 0.717) is 45.1 Å². The number of nitrogens with zero attached hydrogens (tertiary/aromatic N) is 3. The van der Waals surface area contributed by atoms with Gasteiger partial charge < -0.3 is 18.5 Å². The molecule has 0 fully saturated rings. The van der Waals surface area contributed by atoms with Gasteiger partial charge in [-0.3, -0.25) is 9.97 Å². The van der Waals surface area contributed by atoms with E-state index in [4.69, 9.17) is 18.5 Å². The molecule has 0 spiro atoms. The van der Waals surface area contributed by atoms with Gasteiger partial charge in [0.1, 0.15) is 23.1 Å². The zero-order chi connectivity index (χ0) is 34.3. The van der Waals surface area contributed by atoms with Crippen LogP contribution in [-0.2, 0) is 6.54 Å². The zero-order valence-electron chi connectivity index (χ0n) is 26.2. The number of pyridine rings is 2. The second-order valence-corrected chi connectivity index (χ2v) is 10.6. The summed E-state index contributed by atoms with van der Waals surface area (Å²) in [5.41, 5.74) is 4.40. The highest BCUT2D eigenvalue weighted by Gasteiger charge is 2.21. The Bertz CT molecular complexity index is 2260. The number of methoxy groups -OCH3 is 2. The van der Waals surface area contributed by atoms with E-state index in [0.717, 1.165) is 16.7 Å². The molecule has 0 radical (unpaired) electrons.